The Morgan fingerprint density at radius 1 is 0.959 bits per heavy atom. The summed E-state index contributed by atoms with van der Waals surface area (Å²) in [5, 5.41) is 15.4. The lowest BCUT2D eigenvalue weighted by molar-refractivity contribution is -0.119. The van der Waals surface area contributed by atoms with Crippen LogP contribution in [0.25, 0.3) is 39.0 Å². The minimum absolute atomic E-state index is 0.0957. The van der Waals surface area contributed by atoms with Gasteiger partial charge in [0.15, 0.2) is 0 Å². The Labute approximate surface area is 293 Å². The number of nitrogens with zero attached hydrogens (tertiary/aromatic N) is 4. The number of carbonyl (C=O) groups excluding carboxylic acids is 1. The molecule has 5 heterocycles. The Bertz CT molecular complexity index is 2090. The molecule has 0 spiro atoms. The highest BCUT2D eigenvalue weighted by atomic mass is 35.5. The van der Waals surface area contributed by atoms with Gasteiger partial charge in [-0.1, -0.05) is 65.7 Å². The molecule has 13 heteroatoms. The third-order valence-corrected chi connectivity index (χ3v) is 10.00. The lowest BCUT2D eigenvalue weighted by Gasteiger charge is -2.26. The van der Waals surface area contributed by atoms with Crippen molar-refractivity contribution in [2.24, 2.45) is 7.05 Å². The van der Waals surface area contributed by atoms with Crippen molar-refractivity contribution in [1.29, 1.82) is 0 Å². The first-order valence-corrected chi connectivity index (χ1v) is 17.1. The molecule has 2 aliphatic heterocycles. The second kappa shape index (κ2) is 14.3. The summed E-state index contributed by atoms with van der Waals surface area (Å²) < 4.78 is 14.3. The summed E-state index contributed by atoms with van der Waals surface area (Å²) in [5.41, 5.74) is 5.62. The third kappa shape index (κ3) is 6.82. The van der Waals surface area contributed by atoms with E-state index >= 15 is 0 Å². The number of carbonyl (C=O) groups is 1. The predicted molar refractivity (Wildman–Crippen MR) is 190 cm³/mol. The lowest BCUT2D eigenvalue weighted by Crippen LogP contribution is -2.38. The molecule has 0 radical (unpaired) electrons. The van der Waals surface area contributed by atoms with Crippen molar-refractivity contribution >= 4 is 34.6 Å². The minimum Gasteiger partial charge on any atom is -0.481 e. The fourth-order valence-electron chi connectivity index (χ4n) is 6.31. The zero-order valence-corrected chi connectivity index (χ0v) is 28.8. The Hall–Kier alpha value is -4.26. The molecule has 2 saturated heterocycles. The van der Waals surface area contributed by atoms with Gasteiger partial charge < -0.3 is 25.4 Å². The molecule has 2 aromatic carbocycles. The van der Waals surface area contributed by atoms with E-state index in [4.69, 9.17) is 42.8 Å². The topological polar surface area (TPSA) is 124 Å². The van der Waals surface area contributed by atoms with E-state index in [2.05, 4.69) is 16.0 Å². The van der Waals surface area contributed by atoms with Gasteiger partial charge in [0.2, 0.25) is 11.8 Å². The van der Waals surface area contributed by atoms with Crippen LogP contribution < -0.4 is 26.2 Å². The van der Waals surface area contributed by atoms with Crippen molar-refractivity contribution in [1.82, 2.24) is 35.1 Å². The zero-order valence-electron chi connectivity index (χ0n) is 27.3. The number of pyridine rings is 1. The van der Waals surface area contributed by atoms with Crippen LogP contribution in [0.1, 0.15) is 30.7 Å². The van der Waals surface area contributed by atoms with E-state index in [-0.39, 0.29) is 23.6 Å². The van der Waals surface area contributed by atoms with Crippen molar-refractivity contribution < 1.29 is 14.3 Å². The fourth-order valence-corrected chi connectivity index (χ4v) is 6.97. The molecule has 3 N–H and O–H groups in total. The van der Waals surface area contributed by atoms with Gasteiger partial charge >= 0.3 is 0 Å². The molecule has 0 bridgehead atoms. The van der Waals surface area contributed by atoms with Crippen LogP contribution in [-0.2, 0) is 29.7 Å². The number of fused-ring (bicyclic) bond motifs is 1. The number of halogens is 2. The molecule has 49 heavy (non-hydrogen) atoms. The summed E-state index contributed by atoms with van der Waals surface area (Å²) in [6, 6.07) is 17.4. The average molecular weight is 703 g/mol. The zero-order chi connectivity index (χ0) is 34.1. The van der Waals surface area contributed by atoms with Crippen molar-refractivity contribution in [3.05, 3.63) is 92.6 Å². The van der Waals surface area contributed by atoms with Crippen LogP contribution >= 0.6 is 23.2 Å². The molecular formula is C36H37Cl2N7O4. The van der Waals surface area contributed by atoms with E-state index in [0.717, 1.165) is 52.8 Å². The van der Waals surface area contributed by atoms with Crippen molar-refractivity contribution in [2.45, 2.75) is 44.5 Å². The monoisotopic (exact) mass is 701 g/mol. The molecule has 11 nitrogen and oxygen atoms in total. The van der Waals surface area contributed by atoms with Gasteiger partial charge in [-0.25, -0.2) is 9.50 Å². The molecule has 0 unspecified atom stereocenters. The van der Waals surface area contributed by atoms with Gasteiger partial charge in [-0.15, -0.1) is 0 Å². The van der Waals surface area contributed by atoms with E-state index in [0.29, 0.717) is 65.6 Å². The van der Waals surface area contributed by atoms with Crippen molar-refractivity contribution in [3.8, 4) is 39.4 Å². The van der Waals surface area contributed by atoms with Crippen LogP contribution in [0.5, 0.6) is 5.88 Å². The van der Waals surface area contributed by atoms with Crippen LogP contribution in [0.3, 0.4) is 0 Å². The Morgan fingerprint density at radius 2 is 1.67 bits per heavy atom. The standard InChI is InChI=1S/C36H37Cl2N7O4/c1-44-31(19-40-18-24-13-14-49-24)43-45-20-22(15-30(45)36(44)47)25-5-3-6-26(33(25)37)27-7-4-8-28(34(27)38)29-11-9-21(35(42-29)48-2)16-39-17-23-10-12-32(46)41-23/h3-9,11,15,20,23-24,39-40H,10,12-14,16-19H2,1-2H3,(H,41,46)/t23-,24+/m0/s1. The maximum atomic E-state index is 13.3. The van der Waals surface area contributed by atoms with Gasteiger partial charge in [0.1, 0.15) is 11.3 Å². The lowest BCUT2D eigenvalue weighted by atomic mass is 9.97. The number of methoxy groups -OCH3 is 1. The van der Waals surface area contributed by atoms with Gasteiger partial charge in [-0.3, -0.25) is 14.2 Å². The number of nitrogens with one attached hydrogen (secondary N) is 3. The number of amides is 1. The van der Waals surface area contributed by atoms with E-state index in [1.807, 2.05) is 60.8 Å². The largest absolute Gasteiger partial charge is 0.481 e. The first-order chi connectivity index (χ1) is 23.8. The summed E-state index contributed by atoms with van der Waals surface area (Å²) in [6.07, 6.45) is 4.48. The minimum atomic E-state index is -0.145. The molecular weight excluding hydrogens is 665 g/mol. The summed E-state index contributed by atoms with van der Waals surface area (Å²) in [6.45, 7) is 3.18. The number of benzene rings is 2. The SMILES string of the molecule is COc1nc(-c2cccc(-c3cccc(-c4cc5c(=O)n(C)c(CNC[C@H]6CCO6)nn5c4)c3Cl)c2Cl)ccc1CNC[C@@H]1CCC(=O)N1. The molecule has 7 rings (SSSR count). The van der Waals surface area contributed by atoms with Crippen molar-refractivity contribution in [2.75, 3.05) is 26.8 Å². The second-order valence-corrected chi connectivity index (χ2v) is 13.1. The van der Waals surface area contributed by atoms with Crippen LogP contribution in [0.15, 0.2) is 65.6 Å². The van der Waals surface area contributed by atoms with Gasteiger partial charge in [-0.05, 0) is 25.0 Å². The summed E-state index contributed by atoms with van der Waals surface area (Å²) in [5.74, 6) is 1.21. The molecule has 254 valence electrons. The van der Waals surface area contributed by atoms with Gasteiger partial charge in [0.25, 0.3) is 5.56 Å². The van der Waals surface area contributed by atoms with Crippen LogP contribution in [0.2, 0.25) is 10.0 Å². The maximum Gasteiger partial charge on any atom is 0.277 e. The molecule has 0 aliphatic carbocycles. The molecule has 2 fully saturated rings. The normalized spacial score (nSPS) is 17.3. The third-order valence-electron chi connectivity index (χ3n) is 9.18. The van der Waals surface area contributed by atoms with E-state index < -0.39 is 0 Å². The van der Waals surface area contributed by atoms with Gasteiger partial charge in [0.05, 0.1) is 35.5 Å². The predicted octanol–water partition coefficient (Wildman–Crippen LogP) is 4.99. The molecule has 0 saturated carbocycles. The highest BCUT2D eigenvalue weighted by Crippen LogP contribution is 2.42. The Balaban J connectivity index is 1.14. The quantitative estimate of drug-likeness (QED) is 0.166. The number of ether oxygens (including phenoxy) is 2. The summed E-state index contributed by atoms with van der Waals surface area (Å²) >= 11 is 14.2. The molecule has 5 aromatic rings. The first-order valence-electron chi connectivity index (χ1n) is 16.3. The molecule has 2 aliphatic rings. The summed E-state index contributed by atoms with van der Waals surface area (Å²) in [7, 11) is 3.32. The van der Waals surface area contributed by atoms with E-state index in [1.54, 1.807) is 23.2 Å². The van der Waals surface area contributed by atoms with Crippen molar-refractivity contribution in [3.63, 3.8) is 0 Å². The Morgan fingerprint density at radius 3 is 2.37 bits per heavy atom. The smallest absolute Gasteiger partial charge is 0.277 e. The highest BCUT2D eigenvalue weighted by molar-refractivity contribution is 6.39. The number of hydrogen-bond acceptors (Lipinski definition) is 8. The molecule has 3 aromatic heterocycles. The van der Waals surface area contributed by atoms with Crippen LogP contribution in [-0.4, -0.2) is 64.0 Å². The number of rotatable bonds is 12. The van der Waals surface area contributed by atoms with Crippen LogP contribution in [0, 0.1) is 0 Å². The summed E-state index contributed by atoms with van der Waals surface area (Å²) in [4.78, 5) is 29.6. The van der Waals surface area contributed by atoms with Gasteiger partial charge in [0, 0.05) is 85.3 Å². The van der Waals surface area contributed by atoms with Gasteiger partial charge in [-0.2, -0.15) is 5.10 Å². The average Bonchev–Trinajstić information content (AvgIpc) is 3.71. The number of hydrogen-bond donors (Lipinski definition) is 3. The number of aromatic nitrogens is 4. The second-order valence-electron chi connectivity index (χ2n) is 12.4. The van der Waals surface area contributed by atoms with Crippen LogP contribution in [0.4, 0.5) is 0 Å². The van der Waals surface area contributed by atoms with E-state index in [9.17, 15) is 9.59 Å². The molecule has 2 atom stereocenters. The fraction of sp³-hybridized carbons (Fsp3) is 0.333. The Kier molecular flexibility index (Phi) is 9.71. The maximum absolute atomic E-state index is 13.3. The van der Waals surface area contributed by atoms with E-state index in [1.165, 1.54) is 0 Å². The molecule has 1 amide bonds. The highest BCUT2D eigenvalue weighted by Gasteiger charge is 2.22. The first kappa shape index (κ1) is 33.2.